The molecule has 1 atom stereocenters. The van der Waals surface area contributed by atoms with Crippen LogP contribution in [0.1, 0.15) is 19.3 Å². The SMILES string of the molecule is CN(C)C(=O)C1=C(C=CO[P+](=O)O)CCC1. The highest BCUT2D eigenvalue weighted by Crippen LogP contribution is 2.28. The van der Waals surface area contributed by atoms with Gasteiger partial charge in [0.25, 0.3) is 0 Å². The van der Waals surface area contributed by atoms with E-state index in [1.165, 1.54) is 11.2 Å². The summed E-state index contributed by atoms with van der Waals surface area (Å²) in [7, 11) is 0.791. The fourth-order valence-electron chi connectivity index (χ4n) is 1.63. The number of likely N-dealkylation sites (N-methyl/N-ethyl adjacent to an activating group) is 1. The number of amides is 1. The van der Waals surface area contributed by atoms with E-state index in [-0.39, 0.29) is 5.91 Å². The molecule has 0 bridgehead atoms. The van der Waals surface area contributed by atoms with Crippen LogP contribution in [-0.4, -0.2) is 29.8 Å². The first kappa shape index (κ1) is 12.9. The molecule has 0 saturated heterocycles. The Bertz CT molecular complexity index is 360. The van der Waals surface area contributed by atoms with Gasteiger partial charge in [-0.1, -0.05) is 0 Å². The molecule has 16 heavy (non-hydrogen) atoms. The molecule has 88 valence electrons. The molecule has 1 unspecified atom stereocenters. The highest BCUT2D eigenvalue weighted by molar-refractivity contribution is 7.32. The molecule has 1 aliphatic carbocycles. The lowest BCUT2D eigenvalue weighted by molar-refractivity contribution is -0.124. The highest BCUT2D eigenvalue weighted by Gasteiger charge is 2.20. The number of rotatable bonds is 4. The van der Waals surface area contributed by atoms with Crippen LogP contribution in [0.2, 0.25) is 0 Å². The molecule has 0 heterocycles. The van der Waals surface area contributed by atoms with E-state index >= 15 is 0 Å². The van der Waals surface area contributed by atoms with Crippen LogP contribution in [0.15, 0.2) is 23.5 Å². The summed E-state index contributed by atoms with van der Waals surface area (Å²) in [4.78, 5) is 21.7. The summed E-state index contributed by atoms with van der Waals surface area (Å²) in [5, 5.41) is 0. The van der Waals surface area contributed by atoms with E-state index < -0.39 is 8.25 Å². The zero-order chi connectivity index (χ0) is 12.1. The number of hydrogen-bond donors (Lipinski definition) is 1. The zero-order valence-corrected chi connectivity index (χ0v) is 10.2. The molecule has 0 aromatic heterocycles. The molecular weight excluding hydrogens is 229 g/mol. The first-order chi connectivity index (χ1) is 7.52. The lowest BCUT2D eigenvalue weighted by Crippen LogP contribution is -2.23. The van der Waals surface area contributed by atoms with Crippen LogP contribution in [0.4, 0.5) is 0 Å². The van der Waals surface area contributed by atoms with Crippen molar-refractivity contribution in [3.8, 4) is 0 Å². The van der Waals surface area contributed by atoms with Crippen molar-refractivity contribution in [3.05, 3.63) is 23.5 Å². The molecule has 0 aromatic rings. The van der Waals surface area contributed by atoms with Crippen LogP contribution < -0.4 is 0 Å². The van der Waals surface area contributed by atoms with Crippen LogP contribution in [0, 0.1) is 0 Å². The largest absolute Gasteiger partial charge is 0.746 e. The van der Waals surface area contributed by atoms with Crippen LogP contribution >= 0.6 is 8.25 Å². The summed E-state index contributed by atoms with van der Waals surface area (Å²) in [5.41, 5.74) is 1.65. The van der Waals surface area contributed by atoms with E-state index in [4.69, 9.17) is 4.89 Å². The normalized spacial score (nSPS) is 16.8. The Hall–Kier alpha value is -1.19. The molecule has 1 aliphatic rings. The van der Waals surface area contributed by atoms with Crippen molar-refractivity contribution in [1.29, 1.82) is 0 Å². The molecular formula is C10H15NO4P+. The van der Waals surface area contributed by atoms with Crippen LogP contribution in [0.3, 0.4) is 0 Å². The summed E-state index contributed by atoms with van der Waals surface area (Å²) in [6.07, 6.45) is 5.24. The van der Waals surface area contributed by atoms with Crippen molar-refractivity contribution in [2.24, 2.45) is 0 Å². The Balaban J connectivity index is 2.75. The average Bonchev–Trinajstić information content (AvgIpc) is 2.64. The third-order valence-corrected chi connectivity index (χ3v) is 2.65. The van der Waals surface area contributed by atoms with Gasteiger partial charge in [-0.2, -0.15) is 0 Å². The van der Waals surface area contributed by atoms with E-state index in [1.807, 2.05) is 0 Å². The molecule has 0 saturated carbocycles. The minimum absolute atomic E-state index is 0.00876. The third-order valence-electron chi connectivity index (χ3n) is 2.35. The van der Waals surface area contributed by atoms with Gasteiger partial charge < -0.3 is 4.90 Å². The second-order valence-electron chi connectivity index (χ2n) is 3.70. The maximum Gasteiger partial charge on any atom is 0.746 e. The lowest BCUT2D eigenvalue weighted by Gasteiger charge is -2.11. The van der Waals surface area contributed by atoms with Gasteiger partial charge in [0.1, 0.15) is 0 Å². The standard InChI is InChI=1S/C10H14NO4P/c1-11(2)10(12)9-5-3-4-8(9)6-7-15-16(13)14/h6-7H,3-5H2,1-2H3/p+1. The molecule has 0 spiro atoms. The predicted molar refractivity (Wildman–Crippen MR) is 59.6 cm³/mol. The number of carbonyl (C=O) groups excluding carboxylic acids is 1. The van der Waals surface area contributed by atoms with Gasteiger partial charge >= 0.3 is 8.25 Å². The molecule has 1 N–H and O–H groups in total. The van der Waals surface area contributed by atoms with Gasteiger partial charge in [0.15, 0.2) is 6.26 Å². The lowest BCUT2D eigenvalue weighted by atomic mass is 10.1. The molecule has 1 rings (SSSR count). The Morgan fingerprint density at radius 1 is 1.50 bits per heavy atom. The highest BCUT2D eigenvalue weighted by atomic mass is 31.1. The van der Waals surface area contributed by atoms with Gasteiger partial charge in [-0.25, -0.2) is 4.52 Å². The summed E-state index contributed by atoms with van der Waals surface area (Å²) < 4.78 is 14.7. The fourth-order valence-corrected chi connectivity index (χ4v) is 1.79. The van der Waals surface area contributed by atoms with Gasteiger partial charge in [-0.05, 0) is 30.9 Å². The first-order valence-electron chi connectivity index (χ1n) is 4.95. The summed E-state index contributed by atoms with van der Waals surface area (Å²) in [6.45, 7) is 0. The molecule has 0 aromatic carbocycles. The molecule has 6 heteroatoms. The maximum absolute atomic E-state index is 11.7. The van der Waals surface area contributed by atoms with Crippen LogP contribution in [0.25, 0.3) is 0 Å². The van der Waals surface area contributed by atoms with Gasteiger partial charge in [0, 0.05) is 24.2 Å². The van der Waals surface area contributed by atoms with Gasteiger partial charge in [-0.3, -0.25) is 4.79 Å². The molecule has 0 radical (unpaired) electrons. The maximum atomic E-state index is 11.7. The molecule has 5 nitrogen and oxygen atoms in total. The quantitative estimate of drug-likeness (QED) is 0.604. The zero-order valence-electron chi connectivity index (χ0n) is 9.34. The number of allylic oxidation sites excluding steroid dienone is 2. The van der Waals surface area contributed by atoms with Crippen molar-refractivity contribution in [3.63, 3.8) is 0 Å². The van der Waals surface area contributed by atoms with Gasteiger partial charge in [-0.15, -0.1) is 4.89 Å². The summed E-state index contributed by atoms with van der Waals surface area (Å²) in [6, 6.07) is 0. The Labute approximate surface area is 95.3 Å². The average molecular weight is 244 g/mol. The summed E-state index contributed by atoms with van der Waals surface area (Å²) in [5.74, 6) is -0.00876. The monoisotopic (exact) mass is 244 g/mol. The summed E-state index contributed by atoms with van der Waals surface area (Å²) >= 11 is 0. The minimum Gasteiger partial charge on any atom is -0.345 e. The molecule has 0 aliphatic heterocycles. The van der Waals surface area contributed by atoms with Crippen LogP contribution in [-0.2, 0) is 13.9 Å². The second-order valence-corrected chi connectivity index (χ2v) is 4.39. The topological polar surface area (TPSA) is 66.8 Å². The smallest absolute Gasteiger partial charge is 0.345 e. The number of hydrogen-bond acceptors (Lipinski definition) is 3. The van der Waals surface area contributed by atoms with Crippen molar-refractivity contribution in [2.75, 3.05) is 14.1 Å². The van der Waals surface area contributed by atoms with E-state index in [9.17, 15) is 9.36 Å². The van der Waals surface area contributed by atoms with Crippen molar-refractivity contribution in [2.45, 2.75) is 19.3 Å². The van der Waals surface area contributed by atoms with Crippen molar-refractivity contribution in [1.82, 2.24) is 4.90 Å². The van der Waals surface area contributed by atoms with E-state index in [1.54, 1.807) is 20.2 Å². The number of carbonyl (C=O) groups is 1. The Morgan fingerprint density at radius 2 is 2.19 bits per heavy atom. The van der Waals surface area contributed by atoms with E-state index in [2.05, 4.69) is 4.52 Å². The predicted octanol–water partition coefficient (Wildman–Crippen LogP) is 1.74. The van der Waals surface area contributed by atoms with Gasteiger partial charge in [0.05, 0.1) is 0 Å². The fraction of sp³-hybridized carbons (Fsp3) is 0.500. The van der Waals surface area contributed by atoms with Crippen molar-refractivity contribution < 1.29 is 18.8 Å². The number of nitrogens with zero attached hydrogens (tertiary/aromatic N) is 1. The van der Waals surface area contributed by atoms with E-state index in [0.29, 0.717) is 0 Å². The Morgan fingerprint density at radius 3 is 2.75 bits per heavy atom. The van der Waals surface area contributed by atoms with E-state index in [0.717, 1.165) is 30.4 Å². The minimum atomic E-state index is -2.62. The third kappa shape index (κ3) is 3.43. The molecule has 1 amide bonds. The van der Waals surface area contributed by atoms with Crippen molar-refractivity contribution >= 4 is 14.2 Å². The van der Waals surface area contributed by atoms with Gasteiger partial charge in [0.2, 0.25) is 5.91 Å². The molecule has 0 fully saturated rings. The van der Waals surface area contributed by atoms with Crippen LogP contribution in [0.5, 0.6) is 0 Å². The Kier molecular flexibility index (Phi) is 4.65. The first-order valence-corrected chi connectivity index (χ1v) is 6.08. The second kappa shape index (κ2) is 5.77.